The Labute approximate surface area is 141 Å². The van der Waals surface area contributed by atoms with E-state index < -0.39 is 5.54 Å². The lowest BCUT2D eigenvalue weighted by atomic mass is 9.89. The molecule has 2 fully saturated rings. The average Bonchev–Trinajstić information content (AvgIpc) is 3.05. The lowest BCUT2D eigenvalue weighted by Crippen LogP contribution is -2.58. The fourth-order valence-corrected chi connectivity index (χ4v) is 3.88. The summed E-state index contributed by atoms with van der Waals surface area (Å²) in [7, 11) is 0. The zero-order valence-electron chi connectivity index (χ0n) is 12.9. The molecule has 0 aromatic heterocycles. The highest BCUT2D eigenvalue weighted by Crippen LogP contribution is 2.30. The normalized spacial score (nSPS) is 26.3. The number of piperidine rings is 1. The highest BCUT2D eigenvalue weighted by Gasteiger charge is 2.48. The number of hydrogen-bond donors (Lipinski definition) is 3. The number of halogens is 1. The van der Waals surface area contributed by atoms with Gasteiger partial charge in [0.15, 0.2) is 0 Å². The second-order valence-corrected chi connectivity index (χ2v) is 6.43. The summed E-state index contributed by atoms with van der Waals surface area (Å²) in [6.45, 7) is 3.33. The van der Waals surface area contributed by atoms with Crippen LogP contribution in [0, 0.1) is 0 Å². The van der Waals surface area contributed by atoms with Crippen molar-refractivity contribution in [1.29, 1.82) is 0 Å². The molecule has 0 saturated carbocycles. The van der Waals surface area contributed by atoms with Crippen LogP contribution in [-0.4, -0.2) is 42.0 Å². The first-order chi connectivity index (χ1) is 10.7. The van der Waals surface area contributed by atoms with E-state index in [-0.39, 0.29) is 24.3 Å². The van der Waals surface area contributed by atoms with Gasteiger partial charge in [0, 0.05) is 25.3 Å². The van der Waals surface area contributed by atoms with E-state index in [2.05, 4.69) is 39.0 Å². The largest absolute Gasteiger partial charge is 0.384 e. The minimum Gasteiger partial charge on any atom is -0.384 e. The quantitative estimate of drug-likeness (QED) is 0.711. The summed E-state index contributed by atoms with van der Waals surface area (Å²) >= 11 is 0. The Kier molecular flexibility index (Phi) is 4.21. The number of hydrogen-bond acceptors (Lipinski definition) is 4. The van der Waals surface area contributed by atoms with Gasteiger partial charge < -0.3 is 10.6 Å². The van der Waals surface area contributed by atoms with Gasteiger partial charge >= 0.3 is 6.03 Å². The highest BCUT2D eigenvalue weighted by molar-refractivity contribution is 6.07. The van der Waals surface area contributed by atoms with Crippen LogP contribution in [0.25, 0.3) is 0 Å². The number of anilines is 1. The molecule has 3 amide bonds. The maximum absolute atomic E-state index is 12.1. The summed E-state index contributed by atoms with van der Waals surface area (Å²) in [6.07, 6.45) is 2.70. The van der Waals surface area contributed by atoms with E-state index in [0.717, 1.165) is 32.5 Å². The molecule has 124 valence electrons. The molecule has 1 aromatic carbocycles. The van der Waals surface area contributed by atoms with E-state index in [9.17, 15) is 9.59 Å². The van der Waals surface area contributed by atoms with Crippen LogP contribution in [0.15, 0.2) is 18.2 Å². The van der Waals surface area contributed by atoms with Crippen LogP contribution >= 0.6 is 12.4 Å². The van der Waals surface area contributed by atoms with Crippen LogP contribution in [0.3, 0.4) is 0 Å². The first-order valence-electron chi connectivity index (χ1n) is 7.87. The third kappa shape index (κ3) is 2.77. The van der Waals surface area contributed by atoms with Crippen LogP contribution in [0.5, 0.6) is 0 Å². The molecule has 1 atom stereocenters. The summed E-state index contributed by atoms with van der Waals surface area (Å²) < 4.78 is 0. The Bertz CT molecular complexity index is 651. The average molecular weight is 337 g/mol. The second-order valence-electron chi connectivity index (χ2n) is 6.43. The molecule has 3 aliphatic rings. The number of urea groups is 1. The number of carbonyl (C=O) groups is 2. The van der Waals surface area contributed by atoms with Gasteiger partial charge in [-0.2, -0.15) is 0 Å². The van der Waals surface area contributed by atoms with Crippen molar-refractivity contribution in [2.24, 2.45) is 0 Å². The van der Waals surface area contributed by atoms with Crippen molar-refractivity contribution in [3.8, 4) is 0 Å². The van der Waals surface area contributed by atoms with Gasteiger partial charge in [-0.1, -0.05) is 18.2 Å². The number of nitrogens with one attached hydrogen (secondary N) is 3. The zero-order valence-corrected chi connectivity index (χ0v) is 13.7. The first-order valence-corrected chi connectivity index (χ1v) is 7.87. The number of imide groups is 1. The molecule has 3 heterocycles. The van der Waals surface area contributed by atoms with E-state index in [4.69, 9.17) is 0 Å². The fourth-order valence-electron chi connectivity index (χ4n) is 3.88. The number of nitrogens with zero attached hydrogens (tertiary/aromatic N) is 1. The molecular formula is C16H21ClN4O2. The maximum Gasteiger partial charge on any atom is 0.322 e. The van der Waals surface area contributed by atoms with E-state index in [1.807, 2.05) is 0 Å². The second kappa shape index (κ2) is 6.02. The Morgan fingerprint density at radius 2 is 2.13 bits per heavy atom. The molecule has 1 aromatic rings. The van der Waals surface area contributed by atoms with Crippen LogP contribution in [-0.2, 0) is 17.8 Å². The standard InChI is InChI=1S/C16H20N4O2.ClH/c21-14-16(19-15(22)18-14)6-2-8-20(10-16)9-12-4-1-3-11-5-7-17-13(11)12;/h1,3-4,17H,2,5-10H2,(H2,18,19,21,22);1H. The first kappa shape index (κ1) is 16.1. The van der Waals surface area contributed by atoms with Crippen molar-refractivity contribution in [3.05, 3.63) is 29.3 Å². The lowest BCUT2D eigenvalue weighted by Gasteiger charge is -2.38. The Balaban J connectivity index is 0.00000156. The predicted molar refractivity (Wildman–Crippen MR) is 89.8 cm³/mol. The van der Waals surface area contributed by atoms with Gasteiger partial charge in [0.05, 0.1) is 0 Å². The van der Waals surface area contributed by atoms with Gasteiger partial charge in [0.1, 0.15) is 5.54 Å². The molecule has 1 unspecified atom stereocenters. The number of carbonyl (C=O) groups excluding carboxylic acids is 2. The molecular weight excluding hydrogens is 316 g/mol. The van der Waals surface area contributed by atoms with Gasteiger partial charge in [0.25, 0.3) is 5.91 Å². The molecule has 7 heteroatoms. The number of benzene rings is 1. The molecule has 0 radical (unpaired) electrons. The van der Waals surface area contributed by atoms with E-state index in [0.29, 0.717) is 13.0 Å². The molecule has 2 saturated heterocycles. The molecule has 0 bridgehead atoms. The third-order valence-electron chi connectivity index (χ3n) is 4.91. The van der Waals surface area contributed by atoms with Crippen LogP contribution in [0.4, 0.5) is 10.5 Å². The van der Waals surface area contributed by atoms with Crippen molar-refractivity contribution < 1.29 is 9.59 Å². The van der Waals surface area contributed by atoms with Gasteiger partial charge in [-0.25, -0.2) is 4.79 Å². The highest BCUT2D eigenvalue weighted by atomic mass is 35.5. The number of rotatable bonds is 2. The molecule has 23 heavy (non-hydrogen) atoms. The molecule has 3 N–H and O–H groups in total. The predicted octanol–water partition coefficient (Wildman–Crippen LogP) is 1.25. The fraction of sp³-hybridized carbons (Fsp3) is 0.500. The smallest absolute Gasteiger partial charge is 0.322 e. The number of fused-ring (bicyclic) bond motifs is 1. The summed E-state index contributed by atoms with van der Waals surface area (Å²) in [6, 6.07) is 6.05. The minimum atomic E-state index is -0.735. The van der Waals surface area contributed by atoms with Crippen molar-refractivity contribution in [3.63, 3.8) is 0 Å². The van der Waals surface area contributed by atoms with Crippen molar-refractivity contribution in [1.82, 2.24) is 15.5 Å². The SMILES string of the molecule is Cl.O=C1NC(=O)C2(CCCN(Cc3cccc4c3NCC4)C2)N1. The van der Waals surface area contributed by atoms with Gasteiger partial charge in [-0.15, -0.1) is 12.4 Å². The molecule has 4 rings (SSSR count). The van der Waals surface area contributed by atoms with Crippen molar-refractivity contribution in [2.75, 3.05) is 25.0 Å². The summed E-state index contributed by atoms with van der Waals surface area (Å²) in [5.74, 6) is -0.182. The molecule has 3 aliphatic heterocycles. The summed E-state index contributed by atoms with van der Waals surface area (Å²) in [5.41, 5.74) is 3.16. The number of likely N-dealkylation sites (tertiary alicyclic amines) is 1. The van der Waals surface area contributed by atoms with Crippen molar-refractivity contribution in [2.45, 2.75) is 31.3 Å². The van der Waals surface area contributed by atoms with Crippen LogP contribution < -0.4 is 16.0 Å². The Hall–Kier alpha value is -1.79. The topological polar surface area (TPSA) is 73.5 Å². The number of para-hydroxylation sites is 1. The third-order valence-corrected chi connectivity index (χ3v) is 4.91. The van der Waals surface area contributed by atoms with Crippen LogP contribution in [0.1, 0.15) is 24.0 Å². The van der Waals surface area contributed by atoms with Gasteiger partial charge in [-0.05, 0) is 36.9 Å². The summed E-state index contributed by atoms with van der Waals surface area (Å²) in [4.78, 5) is 25.9. The molecule has 0 aliphatic carbocycles. The molecule has 1 spiro atoms. The van der Waals surface area contributed by atoms with E-state index in [1.54, 1.807) is 0 Å². The monoisotopic (exact) mass is 336 g/mol. The van der Waals surface area contributed by atoms with Gasteiger partial charge in [-0.3, -0.25) is 15.0 Å². The van der Waals surface area contributed by atoms with E-state index in [1.165, 1.54) is 16.8 Å². The lowest BCUT2D eigenvalue weighted by molar-refractivity contribution is -0.126. The number of amides is 3. The van der Waals surface area contributed by atoms with Gasteiger partial charge in [0.2, 0.25) is 0 Å². The molecule has 6 nitrogen and oxygen atoms in total. The Morgan fingerprint density at radius 3 is 2.91 bits per heavy atom. The Morgan fingerprint density at radius 1 is 1.26 bits per heavy atom. The maximum atomic E-state index is 12.1. The zero-order chi connectivity index (χ0) is 15.2. The minimum absolute atomic E-state index is 0. The summed E-state index contributed by atoms with van der Waals surface area (Å²) in [5, 5.41) is 8.67. The van der Waals surface area contributed by atoms with Crippen molar-refractivity contribution >= 4 is 30.0 Å². The van der Waals surface area contributed by atoms with Crippen LogP contribution in [0.2, 0.25) is 0 Å². The van der Waals surface area contributed by atoms with E-state index >= 15 is 0 Å².